The van der Waals surface area contributed by atoms with Crippen molar-refractivity contribution in [3.05, 3.63) is 0 Å². The highest BCUT2D eigenvalue weighted by atomic mass is 32.2. The third kappa shape index (κ3) is 3.94. The van der Waals surface area contributed by atoms with E-state index >= 15 is 0 Å². The molecule has 1 aliphatic rings. The number of hydrogen-bond acceptors (Lipinski definition) is 4. The van der Waals surface area contributed by atoms with Gasteiger partial charge in [-0.1, -0.05) is 6.92 Å². The molecular formula is C9H19NO3S. The highest BCUT2D eigenvalue weighted by molar-refractivity contribution is 7.91. The van der Waals surface area contributed by atoms with Gasteiger partial charge in [0.1, 0.15) is 0 Å². The van der Waals surface area contributed by atoms with Crippen LogP contribution < -0.4 is 5.73 Å². The molecule has 0 bridgehead atoms. The molecule has 1 fully saturated rings. The molecule has 4 nitrogen and oxygen atoms in total. The number of ether oxygens (including phenoxy) is 1. The first-order valence-corrected chi connectivity index (χ1v) is 6.93. The Morgan fingerprint density at radius 2 is 2.29 bits per heavy atom. The van der Waals surface area contributed by atoms with Crippen LogP contribution in [0.1, 0.15) is 26.2 Å². The number of sulfone groups is 1. The van der Waals surface area contributed by atoms with Gasteiger partial charge in [-0.25, -0.2) is 8.42 Å². The second kappa shape index (κ2) is 5.09. The van der Waals surface area contributed by atoms with Gasteiger partial charge in [-0.05, 0) is 19.3 Å². The van der Waals surface area contributed by atoms with Crippen molar-refractivity contribution in [2.75, 3.05) is 18.1 Å². The van der Waals surface area contributed by atoms with Gasteiger partial charge in [0.15, 0.2) is 9.84 Å². The fraction of sp³-hybridized carbons (Fsp3) is 1.00. The molecule has 0 amide bonds. The Balaban J connectivity index is 2.40. The monoisotopic (exact) mass is 221 g/mol. The Labute approximate surface area is 85.7 Å². The number of hydrogen-bond donors (Lipinski definition) is 1. The molecule has 1 aliphatic heterocycles. The first-order chi connectivity index (χ1) is 6.53. The van der Waals surface area contributed by atoms with Crippen molar-refractivity contribution in [1.29, 1.82) is 0 Å². The lowest BCUT2D eigenvalue weighted by Crippen LogP contribution is -2.33. The molecule has 0 aliphatic carbocycles. The molecular weight excluding hydrogens is 202 g/mol. The Hall–Kier alpha value is -0.130. The topological polar surface area (TPSA) is 69.4 Å². The van der Waals surface area contributed by atoms with E-state index in [9.17, 15) is 8.42 Å². The molecule has 14 heavy (non-hydrogen) atoms. The molecule has 2 atom stereocenters. The first kappa shape index (κ1) is 11.9. The Bertz CT molecular complexity index is 257. The van der Waals surface area contributed by atoms with Gasteiger partial charge >= 0.3 is 0 Å². The predicted octanol–water partition coefficient (Wildman–Crippen LogP) is 0.317. The minimum Gasteiger partial charge on any atom is -0.377 e. The largest absolute Gasteiger partial charge is 0.377 e. The van der Waals surface area contributed by atoms with Gasteiger partial charge in [0.2, 0.25) is 0 Å². The summed E-state index contributed by atoms with van der Waals surface area (Å²) >= 11 is 0. The zero-order chi connectivity index (χ0) is 10.6. The molecule has 1 rings (SSSR count). The first-order valence-electron chi connectivity index (χ1n) is 5.11. The van der Waals surface area contributed by atoms with Crippen LogP contribution in [0.3, 0.4) is 0 Å². The van der Waals surface area contributed by atoms with Crippen LogP contribution >= 0.6 is 0 Å². The molecule has 0 radical (unpaired) electrons. The smallest absolute Gasteiger partial charge is 0.154 e. The van der Waals surface area contributed by atoms with Crippen LogP contribution in [0.2, 0.25) is 0 Å². The van der Waals surface area contributed by atoms with Gasteiger partial charge in [0.25, 0.3) is 0 Å². The normalized spacial score (nSPS) is 25.1. The Morgan fingerprint density at radius 1 is 1.57 bits per heavy atom. The van der Waals surface area contributed by atoms with E-state index in [1.165, 1.54) is 0 Å². The lowest BCUT2D eigenvalue weighted by molar-refractivity contribution is 0.127. The average Bonchev–Trinajstić information content (AvgIpc) is 2.54. The van der Waals surface area contributed by atoms with Crippen molar-refractivity contribution in [3.63, 3.8) is 0 Å². The quantitative estimate of drug-likeness (QED) is 0.725. The Morgan fingerprint density at radius 3 is 2.79 bits per heavy atom. The van der Waals surface area contributed by atoms with Gasteiger partial charge in [0, 0.05) is 12.6 Å². The fourth-order valence-corrected chi connectivity index (χ4v) is 3.42. The van der Waals surface area contributed by atoms with E-state index in [-0.39, 0.29) is 23.7 Å². The standard InChI is InChI=1S/C9H19NO3S/c1-2-8(10)6-14(11,12)7-9-4-3-5-13-9/h8-9H,2-7,10H2,1H3. The third-order valence-electron chi connectivity index (χ3n) is 2.46. The van der Waals surface area contributed by atoms with Crippen molar-refractivity contribution in [2.24, 2.45) is 5.73 Å². The molecule has 0 spiro atoms. The maximum atomic E-state index is 11.6. The summed E-state index contributed by atoms with van der Waals surface area (Å²) in [7, 11) is -3.03. The number of nitrogens with two attached hydrogens (primary N) is 1. The van der Waals surface area contributed by atoms with Crippen LogP contribution in [-0.2, 0) is 14.6 Å². The zero-order valence-corrected chi connectivity index (χ0v) is 9.42. The minimum absolute atomic E-state index is 0.0867. The van der Waals surface area contributed by atoms with E-state index in [1.54, 1.807) is 0 Å². The zero-order valence-electron chi connectivity index (χ0n) is 8.61. The van der Waals surface area contributed by atoms with E-state index in [2.05, 4.69) is 0 Å². The molecule has 0 saturated carbocycles. The van der Waals surface area contributed by atoms with E-state index in [0.717, 1.165) is 12.8 Å². The van der Waals surface area contributed by atoms with Crippen LogP contribution in [0.25, 0.3) is 0 Å². The van der Waals surface area contributed by atoms with Crippen LogP contribution in [-0.4, -0.2) is 38.7 Å². The molecule has 84 valence electrons. The Kier molecular flexibility index (Phi) is 4.34. The summed E-state index contributed by atoms with van der Waals surface area (Å²) in [4.78, 5) is 0. The van der Waals surface area contributed by atoms with Gasteiger partial charge in [-0.15, -0.1) is 0 Å². The van der Waals surface area contributed by atoms with Gasteiger partial charge in [-0.3, -0.25) is 0 Å². The minimum atomic E-state index is -3.03. The third-order valence-corrected chi connectivity index (χ3v) is 4.27. The molecule has 0 aromatic carbocycles. The van der Waals surface area contributed by atoms with E-state index < -0.39 is 9.84 Å². The van der Waals surface area contributed by atoms with Crippen LogP contribution in [0.15, 0.2) is 0 Å². The van der Waals surface area contributed by atoms with E-state index in [0.29, 0.717) is 13.0 Å². The maximum absolute atomic E-state index is 11.6. The highest BCUT2D eigenvalue weighted by Gasteiger charge is 2.24. The molecule has 1 heterocycles. The predicted molar refractivity (Wildman–Crippen MR) is 55.9 cm³/mol. The number of rotatable bonds is 5. The van der Waals surface area contributed by atoms with Crippen molar-refractivity contribution >= 4 is 9.84 Å². The van der Waals surface area contributed by atoms with Crippen molar-refractivity contribution in [3.8, 4) is 0 Å². The van der Waals surface area contributed by atoms with Crippen LogP contribution in [0.5, 0.6) is 0 Å². The molecule has 1 saturated heterocycles. The van der Waals surface area contributed by atoms with E-state index in [4.69, 9.17) is 10.5 Å². The molecule has 0 aromatic heterocycles. The van der Waals surface area contributed by atoms with Gasteiger partial charge in [-0.2, -0.15) is 0 Å². The van der Waals surface area contributed by atoms with Gasteiger partial charge < -0.3 is 10.5 Å². The lowest BCUT2D eigenvalue weighted by atomic mass is 10.3. The lowest BCUT2D eigenvalue weighted by Gasteiger charge is -2.12. The van der Waals surface area contributed by atoms with Crippen LogP contribution in [0.4, 0.5) is 0 Å². The molecule has 5 heteroatoms. The van der Waals surface area contributed by atoms with Crippen molar-refractivity contribution < 1.29 is 13.2 Å². The molecule has 0 aromatic rings. The fourth-order valence-electron chi connectivity index (χ4n) is 1.57. The average molecular weight is 221 g/mol. The summed E-state index contributed by atoms with van der Waals surface area (Å²) in [5.41, 5.74) is 5.61. The summed E-state index contributed by atoms with van der Waals surface area (Å²) in [5.74, 6) is 0.226. The van der Waals surface area contributed by atoms with Crippen LogP contribution in [0, 0.1) is 0 Å². The maximum Gasteiger partial charge on any atom is 0.154 e. The summed E-state index contributed by atoms with van der Waals surface area (Å²) in [5, 5.41) is 0. The van der Waals surface area contributed by atoms with Gasteiger partial charge in [0.05, 0.1) is 17.6 Å². The summed E-state index contributed by atoms with van der Waals surface area (Å²) in [6.45, 7) is 2.59. The molecule has 2 unspecified atom stereocenters. The summed E-state index contributed by atoms with van der Waals surface area (Å²) < 4.78 is 28.5. The van der Waals surface area contributed by atoms with Crippen molar-refractivity contribution in [1.82, 2.24) is 0 Å². The second-order valence-electron chi connectivity index (χ2n) is 3.88. The molecule has 2 N–H and O–H groups in total. The SMILES string of the molecule is CCC(N)CS(=O)(=O)CC1CCCO1. The second-order valence-corrected chi connectivity index (χ2v) is 6.03. The summed E-state index contributed by atoms with van der Waals surface area (Å²) in [6, 6.07) is -0.235. The highest BCUT2D eigenvalue weighted by Crippen LogP contribution is 2.14. The van der Waals surface area contributed by atoms with Crippen molar-refractivity contribution in [2.45, 2.75) is 38.3 Å². The van der Waals surface area contributed by atoms with E-state index in [1.807, 2.05) is 6.92 Å². The summed E-state index contributed by atoms with van der Waals surface area (Å²) in [6.07, 6.45) is 2.44.